The summed E-state index contributed by atoms with van der Waals surface area (Å²) in [5.41, 5.74) is 1.34. The van der Waals surface area contributed by atoms with Gasteiger partial charge in [0.1, 0.15) is 5.75 Å². The van der Waals surface area contributed by atoms with Crippen LogP contribution in [0.25, 0.3) is 0 Å². The summed E-state index contributed by atoms with van der Waals surface area (Å²) >= 11 is 0. The van der Waals surface area contributed by atoms with Crippen molar-refractivity contribution in [2.24, 2.45) is 0 Å². The Morgan fingerprint density at radius 3 is 2.68 bits per heavy atom. The van der Waals surface area contributed by atoms with Crippen LogP contribution in [0.5, 0.6) is 5.75 Å². The summed E-state index contributed by atoms with van der Waals surface area (Å²) in [5, 5.41) is 0. The molecule has 1 aromatic rings. The average Bonchev–Trinajstić information content (AvgIpc) is 2.54. The molecule has 0 N–H and O–H groups in total. The lowest BCUT2D eigenvalue weighted by molar-refractivity contribution is -0.146. The van der Waals surface area contributed by atoms with Gasteiger partial charge in [-0.25, -0.2) is 0 Å². The van der Waals surface area contributed by atoms with Crippen molar-refractivity contribution in [3.8, 4) is 5.75 Å². The van der Waals surface area contributed by atoms with Gasteiger partial charge in [-0.3, -0.25) is 4.79 Å². The lowest BCUT2D eigenvalue weighted by Gasteiger charge is -2.34. The Morgan fingerprint density at radius 1 is 1.36 bits per heavy atom. The molecule has 0 spiro atoms. The summed E-state index contributed by atoms with van der Waals surface area (Å²) < 4.78 is 12.0. The summed E-state index contributed by atoms with van der Waals surface area (Å²) in [7, 11) is 1.84. The number of rotatable bonds is 6. The highest BCUT2D eigenvalue weighted by Gasteiger charge is 2.34. The number of likely N-dealkylation sites (N-methyl/N-ethyl adjacent to an activating group) is 1. The summed E-state index contributed by atoms with van der Waals surface area (Å²) in [6, 6.07) is 6.20. The predicted octanol–water partition coefficient (Wildman–Crippen LogP) is 4.30. The molecule has 2 rings (SSSR count). The van der Waals surface area contributed by atoms with Gasteiger partial charge in [0.25, 0.3) is 5.91 Å². The lowest BCUT2D eigenvalue weighted by atomic mass is 9.99. The molecule has 4 nitrogen and oxygen atoms in total. The smallest absolute Gasteiger partial charge is 0.266 e. The first-order chi connectivity index (χ1) is 11.7. The molecular weight excluding hydrogens is 314 g/mol. The number of ether oxygens (including phenoxy) is 2. The van der Waals surface area contributed by atoms with E-state index in [0.717, 1.165) is 36.3 Å². The molecule has 0 bridgehead atoms. The van der Waals surface area contributed by atoms with Crippen LogP contribution in [0.1, 0.15) is 64.0 Å². The van der Waals surface area contributed by atoms with E-state index in [1.54, 1.807) is 4.90 Å². The third-order valence-electron chi connectivity index (χ3n) is 4.77. The number of aryl methyl sites for hydroxylation is 1. The monoisotopic (exact) mass is 347 g/mol. The fraction of sp³-hybridized carbons (Fsp3) is 0.667. The maximum Gasteiger partial charge on any atom is 0.266 e. The summed E-state index contributed by atoms with van der Waals surface area (Å²) in [5.74, 6) is 1.13. The van der Waals surface area contributed by atoms with Crippen molar-refractivity contribution in [1.82, 2.24) is 4.90 Å². The largest absolute Gasteiger partial charge is 0.478 e. The molecule has 0 unspecified atom stereocenters. The van der Waals surface area contributed by atoms with Crippen molar-refractivity contribution in [2.75, 3.05) is 20.2 Å². The molecule has 0 aromatic heterocycles. The van der Waals surface area contributed by atoms with Crippen LogP contribution in [0, 0.1) is 6.92 Å². The van der Waals surface area contributed by atoms with Gasteiger partial charge in [0.05, 0.1) is 6.10 Å². The standard InChI is InChI=1S/C21H33NO3/c1-15(2)18-11-10-16(3)13-19(18)25-21(4,5)20(23)22(6)14-17-9-7-8-12-24-17/h10-11,13,15,17H,7-9,12,14H2,1-6H3/t17-/m0/s1. The topological polar surface area (TPSA) is 38.8 Å². The van der Waals surface area contributed by atoms with E-state index in [0.29, 0.717) is 12.5 Å². The Bertz CT molecular complexity index is 589. The quantitative estimate of drug-likeness (QED) is 0.770. The third kappa shape index (κ3) is 5.21. The fourth-order valence-corrected chi connectivity index (χ4v) is 3.32. The highest BCUT2D eigenvalue weighted by Crippen LogP contribution is 2.31. The minimum Gasteiger partial charge on any atom is -0.478 e. The fourth-order valence-electron chi connectivity index (χ4n) is 3.32. The van der Waals surface area contributed by atoms with E-state index in [-0.39, 0.29) is 12.0 Å². The van der Waals surface area contributed by atoms with Crippen LogP contribution in [0.2, 0.25) is 0 Å². The summed E-state index contributed by atoms with van der Waals surface area (Å²) in [6.45, 7) is 11.4. The molecule has 0 saturated carbocycles. The first kappa shape index (κ1) is 19.8. The van der Waals surface area contributed by atoms with Crippen molar-refractivity contribution in [3.05, 3.63) is 29.3 Å². The highest BCUT2D eigenvalue weighted by molar-refractivity contribution is 5.84. The highest BCUT2D eigenvalue weighted by atomic mass is 16.5. The van der Waals surface area contributed by atoms with E-state index in [1.807, 2.05) is 33.9 Å². The second kappa shape index (κ2) is 8.22. The molecule has 1 amide bonds. The van der Waals surface area contributed by atoms with Gasteiger partial charge >= 0.3 is 0 Å². The minimum absolute atomic E-state index is 0.0158. The zero-order chi connectivity index (χ0) is 18.6. The van der Waals surface area contributed by atoms with Crippen molar-refractivity contribution < 1.29 is 14.3 Å². The van der Waals surface area contributed by atoms with Gasteiger partial charge in [-0.15, -0.1) is 0 Å². The molecule has 1 saturated heterocycles. The third-order valence-corrected chi connectivity index (χ3v) is 4.77. The lowest BCUT2D eigenvalue weighted by Crippen LogP contribution is -2.50. The minimum atomic E-state index is -0.916. The molecule has 140 valence electrons. The Kier molecular flexibility index (Phi) is 6.50. The van der Waals surface area contributed by atoms with Crippen LogP contribution in [-0.4, -0.2) is 42.7 Å². The molecule has 1 aromatic carbocycles. The normalized spacial score (nSPS) is 18.3. The molecule has 25 heavy (non-hydrogen) atoms. The number of nitrogens with zero attached hydrogens (tertiary/aromatic N) is 1. The van der Waals surface area contributed by atoms with Crippen LogP contribution in [0.4, 0.5) is 0 Å². The van der Waals surface area contributed by atoms with Crippen LogP contribution in [0.3, 0.4) is 0 Å². The molecular formula is C21H33NO3. The van der Waals surface area contributed by atoms with Crippen LogP contribution in [0.15, 0.2) is 18.2 Å². The van der Waals surface area contributed by atoms with E-state index >= 15 is 0 Å². The molecule has 1 fully saturated rings. The van der Waals surface area contributed by atoms with Crippen molar-refractivity contribution in [2.45, 2.75) is 71.5 Å². The number of hydrogen-bond donors (Lipinski definition) is 0. The van der Waals surface area contributed by atoms with Gasteiger partial charge in [-0.1, -0.05) is 26.0 Å². The first-order valence-corrected chi connectivity index (χ1v) is 9.37. The number of carbonyl (C=O) groups is 1. The van der Waals surface area contributed by atoms with Gasteiger partial charge in [0.2, 0.25) is 0 Å². The van der Waals surface area contributed by atoms with E-state index in [4.69, 9.17) is 9.47 Å². The molecule has 4 heteroatoms. The first-order valence-electron chi connectivity index (χ1n) is 9.37. The van der Waals surface area contributed by atoms with Gasteiger partial charge in [-0.2, -0.15) is 0 Å². The van der Waals surface area contributed by atoms with Crippen LogP contribution < -0.4 is 4.74 Å². The van der Waals surface area contributed by atoms with E-state index < -0.39 is 5.60 Å². The second-order valence-electron chi connectivity index (χ2n) is 7.98. The maximum atomic E-state index is 13.0. The van der Waals surface area contributed by atoms with Gasteiger partial charge in [0, 0.05) is 20.2 Å². The molecule has 1 aliphatic heterocycles. The van der Waals surface area contributed by atoms with Gasteiger partial charge < -0.3 is 14.4 Å². The Balaban J connectivity index is 2.09. The zero-order valence-electron chi connectivity index (χ0n) is 16.6. The molecule has 0 aliphatic carbocycles. The van der Waals surface area contributed by atoms with Crippen LogP contribution in [-0.2, 0) is 9.53 Å². The van der Waals surface area contributed by atoms with Crippen molar-refractivity contribution in [3.63, 3.8) is 0 Å². The predicted molar refractivity (Wildman–Crippen MR) is 101 cm³/mol. The maximum absolute atomic E-state index is 13.0. The van der Waals surface area contributed by atoms with E-state index in [2.05, 4.69) is 26.0 Å². The molecule has 1 aliphatic rings. The Labute approximate surface area is 152 Å². The van der Waals surface area contributed by atoms with Crippen LogP contribution >= 0.6 is 0 Å². The average molecular weight is 347 g/mol. The number of hydrogen-bond acceptors (Lipinski definition) is 3. The summed E-state index contributed by atoms with van der Waals surface area (Å²) in [4.78, 5) is 14.7. The van der Waals surface area contributed by atoms with Crippen molar-refractivity contribution in [1.29, 1.82) is 0 Å². The van der Waals surface area contributed by atoms with E-state index in [9.17, 15) is 4.79 Å². The Hall–Kier alpha value is -1.55. The van der Waals surface area contributed by atoms with Crippen molar-refractivity contribution >= 4 is 5.91 Å². The number of amides is 1. The Morgan fingerprint density at radius 2 is 2.08 bits per heavy atom. The van der Waals surface area contributed by atoms with Gasteiger partial charge in [-0.05, 0) is 63.1 Å². The molecule has 1 heterocycles. The number of benzene rings is 1. The summed E-state index contributed by atoms with van der Waals surface area (Å²) in [6.07, 6.45) is 3.46. The molecule has 1 atom stereocenters. The zero-order valence-corrected chi connectivity index (χ0v) is 16.6. The molecule has 0 radical (unpaired) electrons. The SMILES string of the molecule is Cc1ccc(C(C)C)c(OC(C)(C)C(=O)N(C)C[C@@H]2CCCCO2)c1. The number of carbonyl (C=O) groups excluding carboxylic acids is 1. The second-order valence-corrected chi connectivity index (χ2v) is 7.98. The van der Waals surface area contributed by atoms with E-state index in [1.165, 1.54) is 6.42 Å². The van der Waals surface area contributed by atoms with Gasteiger partial charge in [0.15, 0.2) is 5.60 Å².